The van der Waals surface area contributed by atoms with Gasteiger partial charge in [0.1, 0.15) is 0 Å². The number of hydrogen-bond acceptors (Lipinski definition) is 5. The van der Waals surface area contributed by atoms with Crippen molar-refractivity contribution in [3.8, 4) is 0 Å². The van der Waals surface area contributed by atoms with Gasteiger partial charge in [0.2, 0.25) is 5.12 Å². The molecule has 3 aromatic rings. The Labute approximate surface area is 227 Å². The number of benzene rings is 2. The second-order valence-electron chi connectivity index (χ2n) is 8.93. The molecule has 0 aliphatic carbocycles. The van der Waals surface area contributed by atoms with E-state index in [1.807, 2.05) is 42.8 Å². The molecule has 4 nitrogen and oxygen atoms in total. The highest BCUT2D eigenvalue weighted by atomic mass is 32.2. The number of carbonyl (C=O) groups is 1. The predicted octanol–water partition coefficient (Wildman–Crippen LogP) is 6.87. The summed E-state index contributed by atoms with van der Waals surface area (Å²) >= 11 is 2.98. The Morgan fingerprint density at radius 3 is 2.68 bits per heavy atom. The van der Waals surface area contributed by atoms with E-state index < -0.39 is 11.1 Å². The molecule has 0 radical (unpaired) electrons. The largest absolute Gasteiger partial charge is 0.384 e. The van der Waals surface area contributed by atoms with Crippen LogP contribution in [0.3, 0.4) is 0 Å². The third-order valence-electron chi connectivity index (χ3n) is 5.81. The van der Waals surface area contributed by atoms with E-state index in [4.69, 9.17) is 0 Å². The smallest absolute Gasteiger partial charge is 0.270 e. The number of fused-ring (bicyclic) bond motifs is 1. The van der Waals surface area contributed by atoms with Gasteiger partial charge < -0.3 is 5.32 Å². The van der Waals surface area contributed by atoms with Crippen molar-refractivity contribution in [2.75, 3.05) is 18.6 Å². The van der Waals surface area contributed by atoms with Crippen LogP contribution in [0.25, 0.3) is 17.0 Å². The molecule has 11 heteroatoms. The summed E-state index contributed by atoms with van der Waals surface area (Å²) in [5.41, 5.74) is 2.75. The summed E-state index contributed by atoms with van der Waals surface area (Å²) < 4.78 is 44.8. The molecule has 0 saturated carbocycles. The highest BCUT2D eigenvalue weighted by Crippen LogP contribution is 2.42. The second-order valence-corrected chi connectivity index (χ2v) is 13.3. The summed E-state index contributed by atoms with van der Waals surface area (Å²) in [4.78, 5) is 12.9. The second kappa shape index (κ2) is 11.5. The van der Waals surface area contributed by atoms with E-state index in [0.717, 1.165) is 52.7 Å². The number of rotatable bonds is 10. The Kier molecular flexibility index (Phi) is 8.79. The molecular formula is C26H28F3N3OP2S2. The highest BCUT2D eigenvalue weighted by Gasteiger charge is 2.30. The highest BCUT2D eigenvalue weighted by molar-refractivity contribution is 8.18. The first-order chi connectivity index (χ1) is 17.4. The summed E-state index contributed by atoms with van der Waals surface area (Å²) in [7, 11) is 4.01. The van der Waals surface area contributed by atoms with Crippen LogP contribution in [0, 0.1) is 0 Å². The monoisotopic (exact) mass is 581 g/mol. The van der Waals surface area contributed by atoms with Gasteiger partial charge in [-0.2, -0.15) is 16.9 Å². The van der Waals surface area contributed by atoms with Crippen LogP contribution >= 0.6 is 42.0 Å². The van der Waals surface area contributed by atoms with E-state index in [0.29, 0.717) is 5.56 Å². The van der Waals surface area contributed by atoms with Gasteiger partial charge in [0.15, 0.2) is 5.15 Å². The minimum atomic E-state index is -3.14. The van der Waals surface area contributed by atoms with Crippen molar-refractivity contribution in [2.45, 2.75) is 31.0 Å². The zero-order valence-corrected chi connectivity index (χ0v) is 24.4. The molecule has 1 aliphatic heterocycles. The van der Waals surface area contributed by atoms with Gasteiger partial charge in [0.25, 0.3) is 5.92 Å². The van der Waals surface area contributed by atoms with Gasteiger partial charge in [-0.05, 0) is 71.2 Å². The van der Waals surface area contributed by atoms with Gasteiger partial charge in [0.05, 0.1) is 17.8 Å². The van der Waals surface area contributed by atoms with Crippen molar-refractivity contribution < 1.29 is 18.0 Å². The molecule has 4 rings (SSSR count). The van der Waals surface area contributed by atoms with Crippen LogP contribution in [0.2, 0.25) is 0 Å². The molecule has 1 aliphatic rings. The van der Waals surface area contributed by atoms with Crippen LogP contribution in [0.15, 0.2) is 59.3 Å². The minimum Gasteiger partial charge on any atom is -0.384 e. The summed E-state index contributed by atoms with van der Waals surface area (Å²) in [6, 6.07) is 10.00. The molecule has 2 heterocycles. The average Bonchev–Trinajstić information content (AvgIpc) is 3.37. The SMILES string of the molecule is CSCCCNC1=CC(=O)S/C1=C\c1ccc2nn(Cc3ccc(C(F)(P)P)cc3C(C)(F)F)cc2c1. The van der Waals surface area contributed by atoms with Crippen molar-refractivity contribution in [2.24, 2.45) is 0 Å². The molecule has 2 unspecified atom stereocenters. The Hall–Kier alpha value is -1.79. The predicted molar refractivity (Wildman–Crippen MR) is 157 cm³/mol. The van der Waals surface area contributed by atoms with Crippen LogP contribution in [0.4, 0.5) is 13.2 Å². The van der Waals surface area contributed by atoms with Crippen LogP contribution in [-0.4, -0.2) is 33.4 Å². The van der Waals surface area contributed by atoms with Crippen LogP contribution in [0.1, 0.15) is 35.6 Å². The van der Waals surface area contributed by atoms with E-state index in [1.165, 1.54) is 30.0 Å². The van der Waals surface area contributed by atoms with Gasteiger partial charge in [-0.25, -0.2) is 13.2 Å². The molecule has 0 amide bonds. The third-order valence-corrected chi connectivity index (χ3v) is 8.05. The van der Waals surface area contributed by atoms with E-state index in [1.54, 1.807) is 28.7 Å². The molecule has 37 heavy (non-hydrogen) atoms. The van der Waals surface area contributed by atoms with E-state index >= 15 is 0 Å². The Bertz CT molecular complexity index is 1380. The summed E-state index contributed by atoms with van der Waals surface area (Å²) in [6.45, 7) is 1.73. The Morgan fingerprint density at radius 1 is 1.19 bits per heavy atom. The van der Waals surface area contributed by atoms with Crippen molar-refractivity contribution in [3.63, 3.8) is 0 Å². The normalized spacial score (nSPS) is 15.6. The van der Waals surface area contributed by atoms with Gasteiger partial charge in [0, 0.05) is 41.6 Å². The van der Waals surface area contributed by atoms with Crippen molar-refractivity contribution in [1.29, 1.82) is 0 Å². The van der Waals surface area contributed by atoms with Crippen molar-refractivity contribution in [3.05, 3.63) is 81.5 Å². The summed E-state index contributed by atoms with van der Waals surface area (Å²) in [5, 5.41) is 6.85. The quantitative estimate of drug-likeness (QED) is 0.209. The zero-order chi connectivity index (χ0) is 26.8. The van der Waals surface area contributed by atoms with E-state index in [9.17, 15) is 18.0 Å². The first-order valence-electron chi connectivity index (χ1n) is 11.6. The fraction of sp³-hybridized carbons (Fsp3) is 0.308. The number of alkyl halides is 3. The van der Waals surface area contributed by atoms with Crippen molar-refractivity contribution in [1.82, 2.24) is 15.1 Å². The standard InChI is InChI=1S/C26H28F3N3OP2S2/c1-25(27,28)20-12-19(26(29,34)35)6-5-17(20)14-32-15-18-10-16(4-7-21(18)31-32)11-23-22(13-24(33)37-23)30-8-3-9-36-2/h4-7,10-13,15,30H,3,8-9,14,34-35H2,1-2H3/b23-11-. The lowest BCUT2D eigenvalue weighted by Crippen LogP contribution is -2.15. The van der Waals surface area contributed by atoms with Crippen molar-refractivity contribution >= 4 is 64.1 Å². The fourth-order valence-electron chi connectivity index (χ4n) is 4.02. The number of nitrogens with zero attached hydrogens (tertiary/aromatic N) is 2. The zero-order valence-electron chi connectivity index (χ0n) is 20.4. The van der Waals surface area contributed by atoms with Crippen LogP contribution < -0.4 is 5.32 Å². The number of hydrogen-bond donors (Lipinski definition) is 1. The molecule has 1 aromatic heterocycles. The molecule has 1 N–H and O–H groups in total. The van der Waals surface area contributed by atoms with Crippen LogP contribution in [-0.2, 0) is 22.4 Å². The molecule has 196 valence electrons. The Morgan fingerprint density at radius 2 is 1.97 bits per heavy atom. The van der Waals surface area contributed by atoms with E-state index in [2.05, 4.69) is 16.7 Å². The minimum absolute atomic E-state index is 0.00426. The first-order valence-corrected chi connectivity index (χ1v) is 14.9. The average molecular weight is 582 g/mol. The number of carbonyl (C=O) groups excluding carboxylic acids is 1. The maximum atomic E-state index is 14.4. The number of aromatic nitrogens is 2. The lowest BCUT2D eigenvalue weighted by atomic mass is 9.99. The fourth-order valence-corrected chi connectivity index (χ4v) is 5.64. The van der Waals surface area contributed by atoms with Gasteiger partial charge >= 0.3 is 0 Å². The molecule has 2 atom stereocenters. The van der Waals surface area contributed by atoms with Gasteiger partial charge in [-0.15, -0.1) is 0 Å². The molecule has 0 saturated heterocycles. The van der Waals surface area contributed by atoms with E-state index in [-0.39, 0.29) is 22.8 Å². The maximum Gasteiger partial charge on any atom is 0.270 e. The molecular weight excluding hydrogens is 553 g/mol. The lowest BCUT2D eigenvalue weighted by Gasteiger charge is -2.21. The topological polar surface area (TPSA) is 46.9 Å². The summed E-state index contributed by atoms with van der Waals surface area (Å²) in [6.07, 6.45) is 8.46. The Balaban J connectivity index is 1.57. The van der Waals surface area contributed by atoms with Gasteiger partial charge in [-0.3, -0.25) is 9.48 Å². The molecule has 0 bridgehead atoms. The summed E-state index contributed by atoms with van der Waals surface area (Å²) in [5.74, 6) is -2.09. The number of nitrogens with one attached hydrogen (secondary N) is 1. The van der Waals surface area contributed by atoms with Crippen LogP contribution in [0.5, 0.6) is 0 Å². The molecule has 2 aromatic carbocycles. The van der Waals surface area contributed by atoms with Gasteiger partial charge in [-0.1, -0.05) is 36.7 Å². The molecule has 0 fully saturated rings. The maximum absolute atomic E-state index is 14.4. The lowest BCUT2D eigenvalue weighted by molar-refractivity contribution is -0.106. The third kappa shape index (κ3) is 7.20. The number of thioether (sulfide) groups is 2. The first kappa shape index (κ1) is 28.2. The number of halogens is 3. The molecule has 0 spiro atoms.